The highest BCUT2D eigenvalue weighted by Crippen LogP contribution is 2.30. The molecular formula is C23H22ClF3N4O. The minimum Gasteiger partial charge on any atom is -0.361 e. The van der Waals surface area contributed by atoms with E-state index in [0.29, 0.717) is 12.4 Å². The molecule has 4 aromatic rings. The number of nitrogens with one attached hydrogen (secondary N) is 2. The molecule has 0 aliphatic carbocycles. The Morgan fingerprint density at radius 3 is 2.59 bits per heavy atom. The molecule has 2 N–H and O–H groups in total. The average Bonchev–Trinajstić information content (AvgIpc) is 3.37. The number of aldehydes is 1. The van der Waals surface area contributed by atoms with Crippen molar-refractivity contribution in [2.24, 2.45) is 0 Å². The Hall–Kier alpha value is -3.10. The Morgan fingerprint density at radius 1 is 1.19 bits per heavy atom. The molecule has 0 radical (unpaired) electrons. The Bertz CT molecular complexity index is 1210. The topological polar surface area (TPSA) is 62.7 Å². The summed E-state index contributed by atoms with van der Waals surface area (Å²) in [5.41, 5.74) is 2.83. The van der Waals surface area contributed by atoms with Crippen LogP contribution in [0.25, 0.3) is 16.6 Å². The average molecular weight is 463 g/mol. The molecule has 0 bridgehead atoms. The van der Waals surface area contributed by atoms with Crippen LogP contribution in [0, 0.1) is 6.92 Å². The number of hydrogen-bond donors (Lipinski definition) is 2. The number of para-hydroxylation sites is 1. The van der Waals surface area contributed by atoms with Crippen LogP contribution in [0.3, 0.4) is 0 Å². The molecule has 4 rings (SSSR count). The Labute approximate surface area is 188 Å². The predicted octanol–water partition coefficient (Wildman–Crippen LogP) is 5.60. The summed E-state index contributed by atoms with van der Waals surface area (Å²) in [6.45, 7) is 3.16. The number of carbonyl (C=O) groups excluding carboxylic acids is 1. The number of carbonyl (C=O) groups is 1. The van der Waals surface area contributed by atoms with Gasteiger partial charge in [-0.2, -0.15) is 18.3 Å². The van der Waals surface area contributed by atoms with Crippen LogP contribution in [0.15, 0.2) is 54.7 Å². The van der Waals surface area contributed by atoms with Gasteiger partial charge in [0.1, 0.15) is 5.69 Å². The number of nitrogens with zero attached hydrogens (tertiary/aromatic N) is 2. The van der Waals surface area contributed by atoms with Crippen LogP contribution in [-0.4, -0.2) is 34.6 Å². The summed E-state index contributed by atoms with van der Waals surface area (Å²) in [4.78, 5) is 14.1. The zero-order chi connectivity index (χ0) is 23.3. The van der Waals surface area contributed by atoms with Crippen molar-refractivity contribution in [1.29, 1.82) is 0 Å². The quantitative estimate of drug-likeness (QED) is 0.380. The normalized spacial score (nSPS) is 11.3. The summed E-state index contributed by atoms with van der Waals surface area (Å²) < 4.78 is 38.4. The number of alkyl halides is 3. The Kier molecular flexibility index (Phi) is 7.37. The summed E-state index contributed by atoms with van der Waals surface area (Å²) in [6.07, 6.45) is -1.11. The molecule has 0 saturated carbocycles. The van der Waals surface area contributed by atoms with Gasteiger partial charge in [0.15, 0.2) is 12.0 Å². The number of rotatable bonds is 5. The molecule has 0 spiro atoms. The van der Waals surface area contributed by atoms with Gasteiger partial charge in [-0.3, -0.25) is 4.79 Å². The van der Waals surface area contributed by atoms with E-state index in [0.717, 1.165) is 17.6 Å². The maximum atomic E-state index is 12.5. The number of H-pyrrole nitrogens is 1. The van der Waals surface area contributed by atoms with E-state index in [4.69, 9.17) is 11.6 Å². The van der Waals surface area contributed by atoms with Gasteiger partial charge in [0.2, 0.25) is 0 Å². The standard InChI is InChI=1S/C12H16N2.C11H6ClF3N2O/c1-9-3-4-12-11(7-9)10(8-14-12)5-6-13-2;12-8-3-1-2-4-9(8)17-7(6-18)5-10(16-17)11(13,14)15/h3-4,7-8,13-14H,5-6H2,1-2H3;1-6H. The first-order valence-corrected chi connectivity index (χ1v) is 10.2. The Morgan fingerprint density at radius 2 is 1.94 bits per heavy atom. The van der Waals surface area contributed by atoms with E-state index >= 15 is 0 Å². The van der Waals surface area contributed by atoms with Crippen molar-refractivity contribution < 1.29 is 18.0 Å². The summed E-state index contributed by atoms with van der Waals surface area (Å²) in [7, 11) is 1.99. The first-order valence-electron chi connectivity index (χ1n) is 9.83. The van der Waals surface area contributed by atoms with E-state index in [1.54, 1.807) is 12.1 Å². The molecule has 0 saturated heterocycles. The van der Waals surface area contributed by atoms with Crippen LogP contribution < -0.4 is 5.32 Å². The van der Waals surface area contributed by atoms with Crippen LogP contribution in [-0.2, 0) is 12.6 Å². The molecule has 0 amide bonds. The van der Waals surface area contributed by atoms with Crippen LogP contribution in [0.5, 0.6) is 0 Å². The Balaban J connectivity index is 0.000000186. The molecular weight excluding hydrogens is 441 g/mol. The van der Waals surface area contributed by atoms with E-state index in [9.17, 15) is 18.0 Å². The third-order valence-corrected chi connectivity index (χ3v) is 5.12. The SMILES string of the molecule is CNCCc1c[nH]c2ccc(C)cc12.O=Cc1cc(C(F)(F)F)nn1-c1ccccc1Cl. The van der Waals surface area contributed by atoms with Gasteiger partial charge in [-0.15, -0.1) is 0 Å². The number of aryl methyl sites for hydroxylation is 1. The molecule has 32 heavy (non-hydrogen) atoms. The highest BCUT2D eigenvalue weighted by atomic mass is 35.5. The predicted molar refractivity (Wildman–Crippen MR) is 120 cm³/mol. The van der Waals surface area contributed by atoms with E-state index in [-0.39, 0.29) is 16.4 Å². The first kappa shape index (κ1) is 23.6. The number of fused-ring (bicyclic) bond motifs is 1. The minimum atomic E-state index is -4.61. The fraction of sp³-hybridized carbons (Fsp3) is 0.217. The third-order valence-electron chi connectivity index (χ3n) is 4.80. The molecule has 2 heterocycles. The minimum absolute atomic E-state index is 0.206. The van der Waals surface area contributed by atoms with Gasteiger partial charge in [-0.1, -0.05) is 35.4 Å². The summed E-state index contributed by atoms with van der Waals surface area (Å²) in [5, 5.41) is 8.10. The van der Waals surface area contributed by atoms with Gasteiger partial charge in [0.05, 0.1) is 10.7 Å². The lowest BCUT2D eigenvalue weighted by Gasteiger charge is -2.05. The van der Waals surface area contributed by atoms with E-state index in [2.05, 4.69) is 46.7 Å². The fourth-order valence-electron chi connectivity index (χ4n) is 3.19. The number of benzene rings is 2. The van der Waals surface area contributed by atoms with Crippen LogP contribution in [0.2, 0.25) is 5.02 Å². The van der Waals surface area contributed by atoms with Crippen molar-refractivity contribution in [3.8, 4) is 5.69 Å². The first-order chi connectivity index (χ1) is 15.2. The second-order valence-corrected chi connectivity index (χ2v) is 7.56. The molecule has 2 aromatic carbocycles. The summed E-state index contributed by atoms with van der Waals surface area (Å²) in [6, 6.07) is 13.4. The smallest absolute Gasteiger partial charge is 0.361 e. The molecule has 9 heteroatoms. The molecule has 2 aromatic heterocycles. The number of aromatic nitrogens is 3. The van der Waals surface area contributed by atoms with Crippen molar-refractivity contribution in [2.75, 3.05) is 13.6 Å². The van der Waals surface area contributed by atoms with E-state index in [1.807, 2.05) is 7.05 Å². The molecule has 0 aliphatic rings. The number of likely N-dealkylation sites (N-methyl/N-ethyl adjacent to an activating group) is 1. The number of aromatic amines is 1. The van der Waals surface area contributed by atoms with Crippen molar-refractivity contribution >= 4 is 28.8 Å². The largest absolute Gasteiger partial charge is 0.435 e. The van der Waals surface area contributed by atoms with Crippen LogP contribution in [0.1, 0.15) is 27.3 Å². The van der Waals surface area contributed by atoms with E-state index in [1.165, 1.54) is 34.2 Å². The maximum Gasteiger partial charge on any atom is 0.435 e. The molecule has 5 nitrogen and oxygen atoms in total. The summed E-state index contributed by atoms with van der Waals surface area (Å²) in [5.74, 6) is 0. The van der Waals surface area contributed by atoms with Gasteiger partial charge in [-0.05, 0) is 62.8 Å². The number of hydrogen-bond acceptors (Lipinski definition) is 3. The van der Waals surface area contributed by atoms with Crippen molar-refractivity contribution in [3.63, 3.8) is 0 Å². The lowest BCUT2D eigenvalue weighted by Crippen LogP contribution is -2.09. The highest BCUT2D eigenvalue weighted by Gasteiger charge is 2.35. The van der Waals surface area contributed by atoms with Crippen LogP contribution in [0.4, 0.5) is 13.2 Å². The molecule has 0 atom stereocenters. The fourth-order valence-corrected chi connectivity index (χ4v) is 3.41. The molecule has 168 valence electrons. The maximum absolute atomic E-state index is 12.5. The zero-order valence-corrected chi connectivity index (χ0v) is 18.3. The second kappa shape index (κ2) is 10.0. The monoisotopic (exact) mass is 462 g/mol. The third kappa shape index (κ3) is 5.38. The van der Waals surface area contributed by atoms with Gasteiger partial charge in [0.25, 0.3) is 0 Å². The zero-order valence-electron chi connectivity index (χ0n) is 17.5. The van der Waals surface area contributed by atoms with Crippen molar-refractivity contribution in [2.45, 2.75) is 19.5 Å². The van der Waals surface area contributed by atoms with Gasteiger partial charge >= 0.3 is 6.18 Å². The second-order valence-electron chi connectivity index (χ2n) is 7.15. The highest BCUT2D eigenvalue weighted by molar-refractivity contribution is 6.32. The lowest BCUT2D eigenvalue weighted by molar-refractivity contribution is -0.141. The lowest BCUT2D eigenvalue weighted by atomic mass is 10.1. The summed E-state index contributed by atoms with van der Waals surface area (Å²) >= 11 is 5.85. The molecule has 0 fully saturated rings. The van der Waals surface area contributed by atoms with E-state index < -0.39 is 11.9 Å². The van der Waals surface area contributed by atoms with Crippen molar-refractivity contribution in [3.05, 3.63) is 82.3 Å². The molecule has 0 unspecified atom stereocenters. The van der Waals surface area contributed by atoms with Gasteiger partial charge < -0.3 is 10.3 Å². The molecule has 0 aliphatic heterocycles. The van der Waals surface area contributed by atoms with Crippen LogP contribution >= 0.6 is 11.6 Å². The van der Waals surface area contributed by atoms with Gasteiger partial charge in [0, 0.05) is 17.1 Å². The van der Waals surface area contributed by atoms with Gasteiger partial charge in [-0.25, -0.2) is 4.68 Å². The number of halogens is 4. The van der Waals surface area contributed by atoms with Crippen molar-refractivity contribution in [1.82, 2.24) is 20.1 Å².